The number of hydrogen-bond donors (Lipinski definition) is 0. The van der Waals surface area contributed by atoms with Crippen molar-refractivity contribution in [3.63, 3.8) is 0 Å². The van der Waals surface area contributed by atoms with Crippen LogP contribution in [0.25, 0.3) is 22.6 Å². The summed E-state index contributed by atoms with van der Waals surface area (Å²) in [7, 11) is 0. The van der Waals surface area contributed by atoms with Crippen molar-refractivity contribution in [1.29, 1.82) is 0 Å². The van der Waals surface area contributed by atoms with Gasteiger partial charge in [0.25, 0.3) is 0 Å². The third-order valence-corrected chi connectivity index (χ3v) is 3.03. The zero-order valence-electron chi connectivity index (χ0n) is 10.2. The monoisotopic (exact) mass is 263 g/mol. The summed E-state index contributed by atoms with van der Waals surface area (Å²) in [6.07, 6.45) is 0. The van der Waals surface area contributed by atoms with Crippen LogP contribution in [0, 0.1) is 10.6 Å². The second kappa shape index (κ2) is 5.21. The minimum absolute atomic E-state index is 0.656. The first-order valence-electron chi connectivity index (χ1n) is 6.01. The molecule has 0 fully saturated rings. The molecule has 0 saturated carbocycles. The standard InChI is InChI=1S/C17H11OS/c19-15-11-16(13-7-3-1-4-8-13)18-17(12-15)14-9-5-2-6-10-14/h1-11H. The van der Waals surface area contributed by atoms with Crippen LogP contribution >= 0.6 is 12.2 Å². The summed E-state index contributed by atoms with van der Waals surface area (Å²) in [5.74, 6) is 1.44. The Hall–Kier alpha value is -2.19. The van der Waals surface area contributed by atoms with Crippen LogP contribution in [-0.4, -0.2) is 0 Å². The van der Waals surface area contributed by atoms with Gasteiger partial charge in [-0.15, -0.1) is 0 Å². The average molecular weight is 263 g/mol. The molecule has 3 rings (SSSR count). The van der Waals surface area contributed by atoms with Gasteiger partial charge in [-0.2, -0.15) is 0 Å². The Morgan fingerprint density at radius 1 is 0.789 bits per heavy atom. The van der Waals surface area contributed by atoms with Gasteiger partial charge in [-0.1, -0.05) is 72.9 Å². The van der Waals surface area contributed by atoms with Crippen molar-refractivity contribution in [1.82, 2.24) is 0 Å². The Bertz CT molecular complexity index is 669. The SMILES string of the molecule is S=c1[c]c(-c2ccccc2)oc(-c2ccccc2)c1. The summed E-state index contributed by atoms with van der Waals surface area (Å²) in [6, 6.07) is 24.7. The number of hydrogen-bond acceptors (Lipinski definition) is 2. The summed E-state index contributed by atoms with van der Waals surface area (Å²) in [6.45, 7) is 0. The van der Waals surface area contributed by atoms with E-state index < -0.39 is 0 Å². The molecule has 0 atom stereocenters. The molecule has 0 N–H and O–H groups in total. The van der Waals surface area contributed by atoms with E-state index in [2.05, 4.69) is 6.07 Å². The molecule has 3 aromatic rings. The molecule has 0 amide bonds. The van der Waals surface area contributed by atoms with Gasteiger partial charge in [0, 0.05) is 23.3 Å². The minimum Gasteiger partial charge on any atom is -0.455 e. The maximum Gasteiger partial charge on any atom is 0.144 e. The molecule has 0 aliphatic carbocycles. The molecule has 1 nitrogen and oxygen atoms in total. The average Bonchev–Trinajstić information content (AvgIpc) is 2.48. The Labute approximate surface area is 117 Å². The number of rotatable bonds is 2. The van der Waals surface area contributed by atoms with Crippen LogP contribution < -0.4 is 0 Å². The predicted octanol–water partition coefficient (Wildman–Crippen LogP) is 5.14. The summed E-state index contributed by atoms with van der Waals surface area (Å²) < 4.78 is 6.56. The zero-order chi connectivity index (χ0) is 13.1. The van der Waals surface area contributed by atoms with Gasteiger partial charge in [-0.25, -0.2) is 0 Å². The van der Waals surface area contributed by atoms with Crippen molar-refractivity contribution in [2.75, 3.05) is 0 Å². The molecule has 2 heteroatoms. The van der Waals surface area contributed by atoms with Crippen LogP contribution in [-0.2, 0) is 0 Å². The Kier molecular flexibility index (Phi) is 3.25. The van der Waals surface area contributed by atoms with Crippen LogP contribution in [0.2, 0.25) is 0 Å². The van der Waals surface area contributed by atoms with Gasteiger partial charge in [-0.3, -0.25) is 0 Å². The molecule has 0 spiro atoms. The summed E-state index contributed by atoms with van der Waals surface area (Å²) in [4.78, 5) is 0. The molecule has 19 heavy (non-hydrogen) atoms. The van der Waals surface area contributed by atoms with Gasteiger partial charge in [0.2, 0.25) is 0 Å². The molecule has 0 aliphatic rings. The third kappa shape index (κ3) is 2.64. The molecule has 91 valence electrons. The molecule has 1 heterocycles. The molecule has 2 aromatic carbocycles. The van der Waals surface area contributed by atoms with Crippen molar-refractivity contribution >= 4 is 12.2 Å². The second-order valence-electron chi connectivity index (χ2n) is 4.16. The maximum absolute atomic E-state index is 5.91. The lowest BCUT2D eigenvalue weighted by molar-refractivity contribution is 0.580. The maximum atomic E-state index is 5.91. The Balaban J connectivity index is 2.15. The summed E-state index contributed by atoms with van der Waals surface area (Å²) in [5, 5.41) is 0. The molecule has 1 radical (unpaired) electrons. The predicted molar refractivity (Wildman–Crippen MR) is 79.3 cm³/mol. The minimum atomic E-state index is 0.656. The molecular formula is C17H11OS. The highest BCUT2D eigenvalue weighted by Gasteiger charge is 2.05. The van der Waals surface area contributed by atoms with Crippen molar-refractivity contribution in [2.45, 2.75) is 0 Å². The van der Waals surface area contributed by atoms with Gasteiger partial charge >= 0.3 is 0 Å². The highest BCUT2D eigenvalue weighted by molar-refractivity contribution is 7.71. The second-order valence-corrected chi connectivity index (χ2v) is 4.60. The largest absolute Gasteiger partial charge is 0.455 e. The van der Waals surface area contributed by atoms with Crippen molar-refractivity contribution < 1.29 is 4.42 Å². The van der Waals surface area contributed by atoms with E-state index in [1.165, 1.54) is 0 Å². The fourth-order valence-electron chi connectivity index (χ4n) is 1.90. The van der Waals surface area contributed by atoms with Gasteiger partial charge in [-0.05, 0) is 0 Å². The quantitative estimate of drug-likeness (QED) is 0.594. The lowest BCUT2D eigenvalue weighted by atomic mass is 10.1. The molecule has 0 bridgehead atoms. The van der Waals surface area contributed by atoms with Crippen molar-refractivity contribution in [3.8, 4) is 22.6 Å². The molecule has 0 aliphatic heterocycles. The van der Waals surface area contributed by atoms with Crippen molar-refractivity contribution in [2.24, 2.45) is 0 Å². The Morgan fingerprint density at radius 2 is 1.37 bits per heavy atom. The zero-order valence-corrected chi connectivity index (χ0v) is 11.0. The van der Waals surface area contributed by atoms with E-state index in [-0.39, 0.29) is 0 Å². The normalized spacial score (nSPS) is 10.3. The fourth-order valence-corrected chi connectivity index (χ4v) is 2.10. The van der Waals surface area contributed by atoms with Gasteiger partial charge in [0.1, 0.15) is 11.5 Å². The Morgan fingerprint density at radius 3 is 2.00 bits per heavy atom. The van der Waals surface area contributed by atoms with E-state index in [9.17, 15) is 0 Å². The van der Waals surface area contributed by atoms with Crippen LogP contribution in [0.5, 0.6) is 0 Å². The lowest BCUT2D eigenvalue weighted by Gasteiger charge is -2.05. The fraction of sp³-hybridized carbons (Fsp3) is 0. The number of benzene rings is 2. The van der Waals surface area contributed by atoms with Gasteiger partial charge < -0.3 is 4.42 Å². The van der Waals surface area contributed by atoms with E-state index >= 15 is 0 Å². The van der Waals surface area contributed by atoms with E-state index in [4.69, 9.17) is 16.6 Å². The van der Waals surface area contributed by atoms with Crippen LogP contribution in [0.3, 0.4) is 0 Å². The first kappa shape index (κ1) is 11.9. The first-order chi connectivity index (χ1) is 9.33. The molecular weight excluding hydrogens is 252 g/mol. The van der Waals surface area contributed by atoms with Crippen molar-refractivity contribution in [3.05, 3.63) is 77.3 Å². The van der Waals surface area contributed by atoms with E-state index in [1.54, 1.807) is 0 Å². The highest BCUT2D eigenvalue weighted by Crippen LogP contribution is 2.26. The van der Waals surface area contributed by atoms with Gasteiger partial charge in [0.05, 0.1) is 4.51 Å². The lowest BCUT2D eigenvalue weighted by Crippen LogP contribution is -1.82. The molecule has 1 aromatic heterocycles. The van der Waals surface area contributed by atoms with Crippen LogP contribution in [0.4, 0.5) is 0 Å². The summed E-state index contributed by atoms with van der Waals surface area (Å²) in [5.41, 5.74) is 1.99. The first-order valence-corrected chi connectivity index (χ1v) is 6.42. The van der Waals surface area contributed by atoms with E-state index in [0.29, 0.717) is 10.3 Å². The molecule has 0 saturated heterocycles. The summed E-state index contributed by atoms with van der Waals surface area (Å²) >= 11 is 5.27. The third-order valence-electron chi connectivity index (χ3n) is 2.81. The topological polar surface area (TPSA) is 13.1 Å². The van der Waals surface area contributed by atoms with Crippen LogP contribution in [0.1, 0.15) is 0 Å². The van der Waals surface area contributed by atoms with E-state index in [1.807, 2.05) is 66.7 Å². The van der Waals surface area contributed by atoms with E-state index in [0.717, 1.165) is 16.9 Å². The van der Waals surface area contributed by atoms with Crippen LogP contribution in [0.15, 0.2) is 71.1 Å². The molecule has 0 unspecified atom stereocenters. The smallest absolute Gasteiger partial charge is 0.144 e. The highest BCUT2D eigenvalue weighted by atomic mass is 32.1. The van der Waals surface area contributed by atoms with Gasteiger partial charge in [0.15, 0.2) is 0 Å².